The number of methoxy groups -OCH3 is 1. The molecule has 0 N–H and O–H groups in total. The van der Waals surface area contributed by atoms with Crippen molar-refractivity contribution in [2.45, 2.75) is 18.3 Å². The van der Waals surface area contributed by atoms with E-state index in [4.69, 9.17) is 4.74 Å². The molecule has 0 aromatic heterocycles. The number of hydrogen-bond donors (Lipinski definition) is 0. The Morgan fingerprint density at radius 1 is 1.39 bits per heavy atom. The SMILES string of the molecule is COc1ccc(F)cc1C1(C#N)CCN(C)CC1. The van der Waals surface area contributed by atoms with Gasteiger partial charge in [0, 0.05) is 5.56 Å². The summed E-state index contributed by atoms with van der Waals surface area (Å²) >= 11 is 0. The van der Waals surface area contributed by atoms with Gasteiger partial charge in [0.25, 0.3) is 0 Å². The second kappa shape index (κ2) is 4.95. The third kappa shape index (κ3) is 2.19. The first-order chi connectivity index (χ1) is 8.61. The number of likely N-dealkylation sites (tertiary alicyclic amines) is 1. The summed E-state index contributed by atoms with van der Waals surface area (Å²) in [5.74, 6) is 0.279. The van der Waals surface area contributed by atoms with E-state index >= 15 is 0 Å². The molecule has 0 amide bonds. The van der Waals surface area contributed by atoms with Crippen molar-refractivity contribution in [3.8, 4) is 11.8 Å². The smallest absolute Gasteiger partial charge is 0.123 e. The maximum Gasteiger partial charge on any atom is 0.123 e. The van der Waals surface area contributed by atoms with Gasteiger partial charge in [0.05, 0.1) is 18.6 Å². The Balaban J connectivity index is 2.44. The van der Waals surface area contributed by atoms with Crippen molar-refractivity contribution in [2.24, 2.45) is 0 Å². The minimum Gasteiger partial charge on any atom is -0.496 e. The Morgan fingerprint density at radius 3 is 2.61 bits per heavy atom. The lowest BCUT2D eigenvalue weighted by atomic mass is 9.73. The molecule has 1 saturated heterocycles. The second-order valence-electron chi connectivity index (χ2n) is 4.84. The Bertz CT molecular complexity index is 473. The average molecular weight is 248 g/mol. The molecule has 1 aliphatic rings. The molecule has 0 aliphatic carbocycles. The van der Waals surface area contributed by atoms with Crippen LogP contribution in [-0.2, 0) is 5.41 Å². The van der Waals surface area contributed by atoms with Gasteiger partial charge in [0.1, 0.15) is 11.6 Å². The zero-order valence-corrected chi connectivity index (χ0v) is 10.7. The molecule has 0 radical (unpaired) electrons. The largest absolute Gasteiger partial charge is 0.496 e. The summed E-state index contributed by atoms with van der Waals surface area (Å²) in [6.07, 6.45) is 1.42. The van der Waals surface area contributed by atoms with Gasteiger partial charge in [-0.25, -0.2) is 4.39 Å². The number of benzene rings is 1. The summed E-state index contributed by atoms with van der Waals surface area (Å²) in [6.45, 7) is 1.68. The molecule has 4 heteroatoms. The molecular formula is C14H17FN2O. The third-order valence-electron chi connectivity index (χ3n) is 3.73. The fourth-order valence-electron chi connectivity index (χ4n) is 2.50. The quantitative estimate of drug-likeness (QED) is 0.806. The van der Waals surface area contributed by atoms with Gasteiger partial charge in [-0.05, 0) is 51.2 Å². The van der Waals surface area contributed by atoms with E-state index in [0.717, 1.165) is 13.1 Å². The van der Waals surface area contributed by atoms with Gasteiger partial charge in [-0.3, -0.25) is 0 Å². The van der Waals surface area contributed by atoms with E-state index in [-0.39, 0.29) is 5.82 Å². The van der Waals surface area contributed by atoms with Crippen LogP contribution in [0.5, 0.6) is 5.75 Å². The monoisotopic (exact) mass is 248 g/mol. The van der Waals surface area contributed by atoms with Crippen LogP contribution in [0.15, 0.2) is 18.2 Å². The molecule has 2 rings (SSSR count). The van der Waals surface area contributed by atoms with Gasteiger partial charge in [-0.15, -0.1) is 0 Å². The van der Waals surface area contributed by atoms with Crippen molar-refractivity contribution in [1.82, 2.24) is 4.90 Å². The zero-order chi connectivity index (χ0) is 13.2. The fraction of sp³-hybridized carbons (Fsp3) is 0.500. The standard InChI is InChI=1S/C14H17FN2O/c1-17-7-5-14(10-16,6-8-17)12-9-11(15)3-4-13(12)18-2/h3-4,9H,5-8H2,1-2H3. The molecule has 18 heavy (non-hydrogen) atoms. The molecule has 3 nitrogen and oxygen atoms in total. The highest BCUT2D eigenvalue weighted by Crippen LogP contribution is 2.39. The highest BCUT2D eigenvalue weighted by atomic mass is 19.1. The van der Waals surface area contributed by atoms with Crippen molar-refractivity contribution in [1.29, 1.82) is 5.26 Å². The van der Waals surface area contributed by atoms with E-state index in [9.17, 15) is 9.65 Å². The molecule has 0 saturated carbocycles. The van der Waals surface area contributed by atoms with Gasteiger partial charge in [-0.1, -0.05) is 0 Å². The van der Waals surface area contributed by atoms with Crippen LogP contribution in [0.25, 0.3) is 0 Å². The zero-order valence-electron chi connectivity index (χ0n) is 10.7. The Labute approximate surface area is 107 Å². The van der Waals surface area contributed by atoms with Crippen LogP contribution in [-0.4, -0.2) is 32.1 Å². The minimum atomic E-state index is -0.625. The van der Waals surface area contributed by atoms with Crippen LogP contribution in [0.3, 0.4) is 0 Å². The maximum absolute atomic E-state index is 13.4. The summed E-state index contributed by atoms with van der Waals surface area (Å²) in [5.41, 5.74) is 0.0561. The summed E-state index contributed by atoms with van der Waals surface area (Å²) in [6, 6.07) is 6.78. The molecule has 0 atom stereocenters. The highest BCUT2D eigenvalue weighted by molar-refractivity contribution is 5.44. The lowest BCUT2D eigenvalue weighted by Gasteiger charge is -2.36. The third-order valence-corrected chi connectivity index (χ3v) is 3.73. The molecule has 1 aromatic rings. The number of halogens is 1. The topological polar surface area (TPSA) is 36.3 Å². The van der Waals surface area contributed by atoms with Gasteiger partial charge in [-0.2, -0.15) is 5.26 Å². The van der Waals surface area contributed by atoms with Crippen LogP contribution in [0.1, 0.15) is 18.4 Å². The Kier molecular flexibility index (Phi) is 3.53. The Hall–Kier alpha value is -1.60. The number of nitriles is 1. The Morgan fingerprint density at radius 2 is 2.06 bits per heavy atom. The lowest BCUT2D eigenvalue weighted by molar-refractivity contribution is 0.218. The van der Waals surface area contributed by atoms with Crippen LogP contribution in [0.2, 0.25) is 0 Å². The molecule has 96 valence electrons. The summed E-state index contributed by atoms with van der Waals surface area (Å²) in [7, 11) is 3.58. The molecule has 1 aliphatic heterocycles. The van der Waals surface area contributed by atoms with Crippen molar-refractivity contribution in [3.63, 3.8) is 0 Å². The van der Waals surface area contributed by atoms with Crippen LogP contribution in [0.4, 0.5) is 4.39 Å². The minimum absolute atomic E-state index is 0.320. The van der Waals surface area contributed by atoms with E-state index < -0.39 is 5.41 Å². The van der Waals surface area contributed by atoms with E-state index in [2.05, 4.69) is 11.0 Å². The number of rotatable bonds is 2. The van der Waals surface area contributed by atoms with E-state index in [1.165, 1.54) is 12.1 Å². The molecule has 1 heterocycles. The second-order valence-corrected chi connectivity index (χ2v) is 4.84. The molecular weight excluding hydrogens is 231 g/mol. The van der Waals surface area contributed by atoms with Gasteiger partial charge < -0.3 is 9.64 Å². The van der Waals surface area contributed by atoms with Gasteiger partial charge in [0.2, 0.25) is 0 Å². The number of hydrogen-bond acceptors (Lipinski definition) is 3. The normalized spacial score (nSPS) is 19.2. The van der Waals surface area contributed by atoms with Crippen molar-refractivity contribution in [2.75, 3.05) is 27.2 Å². The van der Waals surface area contributed by atoms with Crippen molar-refractivity contribution >= 4 is 0 Å². The molecule has 0 bridgehead atoms. The predicted octanol–water partition coefficient (Wildman–Crippen LogP) is 2.32. The first-order valence-electron chi connectivity index (χ1n) is 6.05. The first-order valence-corrected chi connectivity index (χ1v) is 6.05. The van der Waals surface area contributed by atoms with E-state index in [1.807, 2.05) is 7.05 Å². The number of piperidine rings is 1. The average Bonchev–Trinajstić information content (AvgIpc) is 2.40. The highest BCUT2D eigenvalue weighted by Gasteiger charge is 2.38. The molecule has 0 unspecified atom stereocenters. The van der Waals surface area contributed by atoms with Gasteiger partial charge >= 0.3 is 0 Å². The predicted molar refractivity (Wildman–Crippen MR) is 67.0 cm³/mol. The number of nitrogens with zero attached hydrogens (tertiary/aromatic N) is 2. The first kappa shape index (κ1) is 12.8. The van der Waals surface area contributed by atoms with Crippen LogP contribution in [0, 0.1) is 17.1 Å². The molecule has 1 aromatic carbocycles. The van der Waals surface area contributed by atoms with Crippen LogP contribution >= 0.6 is 0 Å². The molecule has 1 fully saturated rings. The lowest BCUT2D eigenvalue weighted by Crippen LogP contribution is -2.40. The fourth-order valence-corrected chi connectivity index (χ4v) is 2.50. The van der Waals surface area contributed by atoms with Crippen molar-refractivity contribution < 1.29 is 9.13 Å². The maximum atomic E-state index is 13.4. The van der Waals surface area contributed by atoms with Gasteiger partial charge in [0.15, 0.2) is 0 Å². The summed E-state index contributed by atoms with van der Waals surface area (Å²) < 4.78 is 18.7. The number of ether oxygens (including phenoxy) is 1. The van der Waals surface area contributed by atoms with E-state index in [1.54, 1.807) is 13.2 Å². The summed E-state index contributed by atoms with van der Waals surface area (Å²) in [4.78, 5) is 2.18. The van der Waals surface area contributed by atoms with Crippen LogP contribution < -0.4 is 4.74 Å². The van der Waals surface area contributed by atoms with E-state index in [0.29, 0.717) is 24.2 Å². The molecule has 0 spiro atoms. The van der Waals surface area contributed by atoms with Crippen molar-refractivity contribution in [3.05, 3.63) is 29.6 Å². The summed E-state index contributed by atoms with van der Waals surface area (Å²) in [5, 5.41) is 9.55.